The van der Waals surface area contributed by atoms with Crippen LogP contribution in [-0.2, 0) is 35.4 Å². The number of hydrogen-bond donors (Lipinski definition) is 5. The van der Waals surface area contributed by atoms with Crippen LogP contribution in [0.25, 0.3) is 0 Å². The Morgan fingerprint density at radius 2 is 1.68 bits per heavy atom. The van der Waals surface area contributed by atoms with E-state index in [-0.39, 0.29) is 25.0 Å². The molecule has 0 radical (unpaired) electrons. The summed E-state index contributed by atoms with van der Waals surface area (Å²) in [4.78, 5) is 13.0. The van der Waals surface area contributed by atoms with Crippen molar-refractivity contribution in [3.8, 4) is 0 Å². The molecule has 1 aliphatic carbocycles. The largest absolute Gasteiger partial charge is 0.463 e. The van der Waals surface area contributed by atoms with Gasteiger partial charge in [-0.05, 0) is 43.9 Å². The molecule has 1 aromatic carbocycles. The highest BCUT2D eigenvalue weighted by Crippen LogP contribution is 2.43. The lowest BCUT2D eigenvalue weighted by molar-refractivity contribution is -0.164. The molecule has 12 heteroatoms. The van der Waals surface area contributed by atoms with Gasteiger partial charge in [-0.1, -0.05) is 50.8 Å². The first-order chi connectivity index (χ1) is 19.1. The van der Waals surface area contributed by atoms with E-state index in [2.05, 4.69) is 11.6 Å². The van der Waals surface area contributed by atoms with E-state index in [1.54, 1.807) is 19.1 Å². The van der Waals surface area contributed by atoms with E-state index in [1.807, 2.05) is 12.1 Å². The van der Waals surface area contributed by atoms with Crippen molar-refractivity contribution in [1.29, 1.82) is 0 Å². The normalized spacial score (nSPS) is 26.4. The standard InChI is InChI=1S/C28H43NO10S/c1-3-5-6-7-8-11-19-12-9-10-13-21(19)29-40(35,36)24-14-15-28(16-20(24)27(34)37-4-2)38-25(22(32)17-30)26(39-28)23(33)18-31/h9-10,12-13,16,22-26,29-33H,3-8,11,14-15,17-18H2,1-2H3. The fraction of sp³-hybridized carbons (Fsp3) is 0.679. The third-order valence-electron chi connectivity index (χ3n) is 7.31. The highest BCUT2D eigenvalue weighted by Gasteiger charge is 2.55. The molecule has 1 aromatic rings. The van der Waals surface area contributed by atoms with Crippen molar-refractivity contribution in [3.05, 3.63) is 41.5 Å². The smallest absolute Gasteiger partial charge is 0.335 e. The molecule has 3 rings (SSSR count). The van der Waals surface area contributed by atoms with Crippen LogP contribution in [0.3, 0.4) is 0 Å². The zero-order valence-corrected chi connectivity index (χ0v) is 24.0. The fourth-order valence-corrected chi connectivity index (χ4v) is 6.78. The molecule has 0 aromatic heterocycles. The van der Waals surface area contributed by atoms with Gasteiger partial charge < -0.3 is 34.6 Å². The number of aliphatic hydroxyl groups is 4. The van der Waals surface area contributed by atoms with Crippen LogP contribution >= 0.6 is 0 Å². The first-order valence-corrected chi connectivity index (χ1v) is 15.6. The average molecular weight is 586 g/mol. The van der Waals surface area contributed by atoms with Crippen LogP contribution in [0, 0.1) is 0 Å². The Hall–Kier alpha value is -2.06. The van der Waals surface area contributed by atoms with Gasteiger partial charge in [0.1, 0.15) is 29.7 Å². The minimum absolute atomic E-state index is 0.00362. The number of anilines is 1. The molecule has 2 aliphatic rings. The molecule has 40 heavy (non-hydrogen) atoms. The number of aliphatic hydroxyl groups excluding tert-OH is 4. The topological polar surface area (TPSA) is 172 Å². The molecule has 1 fully saturated rings. The Balaban J connectivity index is 1.89. The van der Waals surface area contributed by atoms with Crippen molar-refractivity contribution in [1.82, 2.24) is 0 Å². The van der Waals surface area contributed by atoms with E-state index in [1.165, 1.54) is 6.08 Å². The van der Waals surface area contributed by atoms with Gasteiger partial charge in [-0.3, -0.25) is 4.72 Å². The number of carbonyl (C=O) groups is 1. The van der Waals surface area contributed by atoms with Gasteiger partial charge in [-0.2, -0.15) is 0 Å². The molecule has 5 unspecified atom stereocenters. The molecule has 5 N–H and O–H groups in total. The van der Waals surface area contributed by atoms with Gasteiger partial charge in [0.15, 0.2) is 5.79 Å². The number of sulfonamides is 1. The van der Waals surface area contributed by atoms with E-state index >= 15 is 0 Å². The molecule has 1 heterocycles. The van der Waals surface area contributed by atoms with Gasteiger partial charge in [-0.15, -0.1) is 0 Å². The Morgan fingerprint density at radius 1 is 1.05 bits per heavy atom. The van der Waals surface area contributed by atoms with E-state index in [0.717, 1.165) is 37.7 Å². The lowest BCUT2D eigenvalue weighted by Gasteiger charge is -2.34. The van der Waals surface area contributed by atoms with Gasteiger partial charge in [0.25, 0.3) is 0 Å². The monoisotopic (exact) mass is 585 g/mol. The predicted molar refractivity (Wildman–Crippen MR) is 148 cm³/mol. The van der Waals surface area contributed by atoms with Gasteiger partial charge in [0, 0.05) is 6.42 Å². The summed E-state index contributed by atoms with van der Waals surface area (Å²) in [6.07, 6.45) is 1.82. The van der Waals surface area contributed by atoms with Crippen LogP contribution in [-0.4, -0.2) is 90.1 Å². The second-order valence-corrected chi connectivity index (χ2v) is 12.2. The van der Waals surface area contributed by atoms with Gasteiger partial charge in [0.2, 0.25) is 10.0 Å². The number of unbranched alkanes of at least 4 members (excludes halogenated alkanes) is 4. The van der Waals surface area contributed by atoms with Crippen LogP contribution in [0.2, 0.25) is 0 Å². The average Bonchev–Trinajstić information content (AvgIpc) is 3.31. The molecule has 0 bridgehead atoms. The summed E-state index contributed by atoms with van der Waals surface area (Å²) in [7, 11) is -4.13. The van der Waals surface area contributed by atoms with E-state index in [9.17, 15) is 33.6 Å². The van der Waals surface area contributed by atoms with Crippen molar-refractivity contribution >= 4 is 21.7 Å². The summed E-state index contributed by atoms with van der Waals surface area (Å²) >= 11 is 0. The van der Waals surface area contributed by atoms with Crippen molar-refractivity contribution in [2.24, 2.45) is 0 Å². The lowest BCUT2D eigenvalue weighted by atomic mass is 9.94. The number of esters is 1. The molecule has 0 saturated carbocycles. The first-order valence-electron chi connectivity index (χ1n) is 14.0. The summed E-state index contributed by atoms with van der Waals surface area (Å²) < 4.78 is 47.1. The minimum atomic E-state index is -4.13. The fourth-order valence-electron chi connectivity index (χ4n) is 5.21. The van der Waals surface area contributed by atoms with Crippen LogP contribution in [0.5, 0.6) is 0 Å². The maximum Gasteiger partial charge on any atom is 0.335 e. The Kier molecular flexibility index (Phi) is 11.9. The van der Waals surface area contributed by atoms with E-state index < -0.39 is 64.7 Å². The minimum Gasteiger partial charge on any atom is -0.463 e. The van der Waals surface area contributed by atoms with Crippen LogP contribution in [0.15, 0.2) is 35.9 Å². The van der Waals surface area contributed by atoms with Gasteiger partial charge >= 0.3 is 5.97 Å². The summed E-state index contributed by atoms with van der Waals surface area (Å²) in [6.45, 7) is 2.34. The van der Waals surface area contributed by atoms with Gasteiger partial charge in [0.05, 0.1) is 31.1 Å². The highest BCUT2D eigenvalue weighted by atomic mass is 32.2. The van der Waals surface area contributed by atoms with Crippen molar-refractivity contribution < 1.29 is 47.8 Å². The molecule has 1 saturated heterocycles. The Morgan fingerprint density at radius 3 is 2.27 bits per heavy atom. The predicted octanol–water partition coefficient (Wildman–Crippen LogP) is 1.78. The Bertz CT molecular complexity index is 1090. The number of nitrogens with one attached hydrogen (secondary N) is 1. The zero-order chi connectivity index (χ0) is 29.3. The summed E-state index contributed by atoms with van der Waals surface area (Å²) in [6, 6.07) is 7.18. The van der Waals surface area contributed by atoms with E-state index in [4.69, 9.17) is 14.2 Å². The number of ether oxygens (including phenoxy) is 3. The Labute approximate surface area is 236 Å². The molecule has 11 nitrogen and oxygen atoms in total. The number of para-hydroxylation sites is 1. The lowest BCUT2D eigenvalue weighted by Crippen LogP contribution is -2.45. The third-order valence-corrected chi connectivity index (χ3v) is 9.05. The summed E-state index contributed by atoms with van der Waals surface area (Å²) in [5.74, 6) is -2.54. The molecule has 1 spiro atoms. The zero-order valence-electron chi connectivity index (χ0n) is 23.2. The molecule has 0 amide bonds. The number of rotatable bonds is 15. The second kappa shape index (κ2) is 14.7. The van der Waals surface area contributed by atoms with Crippen molar-refractivity contribution in [2.75, 3.05) is 24.5 Å². The SMILES string of the molecule is CCCCCCCc1ccccc1NS(=O)(=O)C1CCC2(C=C1C(=O)OCC)OC(C(O)CO)C(C(O)CO)O2. The van der Waals surface area contributed by atoms with Crippen LogP contribution in [0.4, 0.5) is 5.69 Å². The van der Waals surface area contributed by atoms with Crippen molar-refractivity contribution in [2.45, 2.75) is 101 Å². The first kappa shape index (κ1) is 32.5. The molecule has 5 atom stereocenters. The highest BCUT2D eigenvalue weighted by molar-refractivity contribution is 7.93. The number of benzene rings is 1. The third kappa shape index (κ3) is 7.81. The van der Waals surface area contributed by atoms with Crippen molar-refractivity contribution in [3.63, 3.8) is 0 Å². The van der Waals surface area contributed by atoms with Gasteiger partial charge in [-0.25, -0.2) is 13.2 Å². The second-order valence-electron chi connectivity index (χ2n) is 10.3. The number of hydrogen-bond acceptors (Lipinski definition) is 10. The van der Waals surface area contributed by atoms with Crippen LogP contribution in [0.1, 0.15) is 64.4 Å². The van der Waals surface area contributed by atoms with Crippen LogP contribution < -0.4 is 4.72 Å². The summed E-state index contributed by atoms with van der Waals surface area (Å²) in [5, 5.41) is 38.1. The maximum atomic E-state index is 13.7. The molecular weight excluding hydrogens is 542 g/mol. The summed E-state index contributed by atoms with van der Waals surface area (Å²) in [5.41, 5.74) is 1.11. The number of aryl methyl sites for hydroxylation is 1. The number of carbonyl (C=O) groups excluding carboxylic acids is 1. The maximum absolute atomic E-state index is 13.7. The quantitative estimate of drug-likeness (QED) is 0.151. The molecule has 226 valence electrons. The van der Waals surface area contributed by atoms with E-state index in [0.29, 0.717) is 12.1 Å². The molecule has 1 aliphatic heterocycles. The molecular formula is C28H43NO10S.